The van der Waals surface area contributed by atoms with Gasteiger partial charge in [-0.05, 0) is 44.7 Å². The van der Waals surface area contributed by atoms with Crippen molar-refractivity contribution >= 4 is 40.1 Å². The van der Waals surface area contributed by atoms with Gasteiger partial charge in [0.15, 0.2) is 5.82 Å². The maximum Gasteiger partial charge on any atom is 0.238 e. The molecule has 1 amide bonds. The van der Waals surface area contributed by atoms with Crippen molar-refractivity contribution in [3.8, 4) is 17.1 Å². The SMILES string of the molecule is Cc1cnc(Nc2cc(C)n(C)n2)nc1-c1c[nH]c2c(NC(=O)CN3CC[C@H](Oc4cc(NC5CC5)ncn4)C3)cccc12. The van der Waals surface area contributed by atoms with Gasteiger partial charge >= 0.3 is 0 Å². The number of fused-ring (bicyclic) bond motifs is 1. The van der Waals surface area contributed by atoms with Crippen LogP contribution in [0.3, 0.4) is 0 Å². The number of H-pyrrole nitrogens is 1. The molecule has 1 aromatic carbocycles. The zero-order valence-corrected chi connectivity index (χ0v) is 25.0. The standard InChI is InChI=1S/C31H35N11O2/c1-18-13-33-31(38-26-11-19(2)41(3)40-26)39-29(18)23-14-32-30-22(23)5-4-6-24(30)37-27(43)16-42-10-9-21(15-42)44-28-12-25(34-17-35-28)36-20-7-8-20/h4-6,11-14,17,20-21,32H,7-10,15-16H2,1-3H3,(H,37,43)(H,34,35,36)(H,33,38,39,40)/t21-/m0/s1. The third kappa shape index (κ3) is 6.04. The summed E-state index contributed by atoms with van der Waals surface area (Å²) in [5.74, 6) is 2.42. The summed E-state index contributed by atoms with van der Waals surface area (Å²) in [5, 5.41) is 15.1. The molecule has 5 heterocycles. The number of carbonyl (C=O) groups is 1. The second-order valence-corrected chi connectivity index (χ2v) is 11.5. The van der Waals surface area contributed by atoms with Gasteiger partial charge < -0.3 is 25.7 Å². The average molecular weight is 594 g/mol. The Hall–Kier alpha value is -5.04. The number of hydrogen-bond acceptors (Lipinski definition) is 10. The zero-order chi connectivity index (χ0) is 30.2. The van der Waals surface area contributed by atoms with E-state index in [1.807, 2.05) is 57.4 Å². The fourth-order valence-electron chi connectivity index (χ4n) is 5.49. The van der Waals surface area contributed by atoms with Gasteiger partial charge in [-0.25, -0.2) is 19.9 Å². The molecule has 1 saturated carbocycles. The molecule has 1 aliphatic carbocycles. The summed E-state index contributed by atoms with van der Waals surface area (Å²) in [6, 6.07) is 10.2. The Morgan fingerprint density at radius 1 is 1.11 bits per heavy atom. The maximum absolute atomic E-state index is 13.1. The smallest absolute Gasteiger partial charge is 0.238 e. The van der Waals surface area contributed by atoms with Crippen LogP contribution in [0, 0.1) is 13.8 Å². The van der Waals surface area contributed by atoms with E-state index >= 15 is 0 Å². The third-order valence-electron chi connectivity index (χ3n) is 8.03. The molecule has 1 saturated heterocycles. The predicted octanol–water partition coefficient (Wildman–Crippen LogP) is 4.17. The van der Waals surface area contributed by atoms with Crippen LogP contribution in [0.1, 0.15) is 30.5 Å². The van der Waals surface area contributed by atoms with Crippen LogP contribution in [0.25, 0.3) is 22.2 Å². The lowest BCUT2D eigenvalue weighted by Gasteiger charge is -2.17. The molecule has 5 aromatic rings. The van der Waals surface area contributed by atoms with Crippen LogP contribution in [0.5, 0.6) is 5.88 Å². The van der Waals surface area contributed by atoms with Crippen LogP contribution in [-0.4, -0.2) is 77.3 Å². The van der Waals surface area contributed by atoms with Crippen molar-refractivity contribution in [3.63, 3.8) is 0 Å². The summed E-state index contributed by atoms with van der Waals surface area (Å²) in [5.41, 5.74) is 5.25. The Morgan fingerprint density at radius 2 is 2.00 bits per heavy atom. The number of aromatic nitrogens is 7. The third-order valence-corrected chi connectivity index (χ3v) is 8.03. The Bertz CT molecular complexity index is 1810. The molecule has 2 fully saturated rings. The molecule has 0 bridgehead atoms. The highest BCUT2D eigenvalue weighted by atomic mass is 16.5. The van der Waals surface area contributed by atoms with E-state index in [9.17, 15) is 4.79 Å². The largest absolute Gasteiger partial charge is 0.473 e. The summed E-state index contributed by atoms with van der Waals surface area (Å²) >= 11 is 0. The highest BCUT2D eigenvalue weighted by Crippen LogP contribution is 2.33. The normalized spacial score (nSPS) is 16.8. The first-order valence-corrected chi connectivity index (χ1v) is 14.9. The van der Waals surface area contributed by atoms with E-state index in [1.54, 1.807) is 10.9 Å². The van der Waals surface area contributed by atoms with Crippen LogP contribution < -0.4 is 20.7 Å². The fourth-order valence-corrected chi connectivity index (χ4v) is 5.49. The molecule has 0 spiro atoms. The van der Waals surface area contributed by atoms with Crippen molar-refractivity contribution in [3.05, 3.63) is 60.3 Å². The molecular formula is C31H35N11O2. The van der Waals surface area contributed by atoms with Gasteiger partial charge in [0.1, 0.15) is 18.2 Å². The van der Waals surface area contributed by atoms with E-state index in [4.69, 9.17) is 9.72 Å². The quantitative estimate of drug-likeness (QED) is 0.186. The number of para-hydroxylation sites is 1. The number of nitrogens with zero attached hydrogens (tertiary/aromatic N) is 7. The number of ether oxygens (including phenoxy) is 1. The highest BCUT2D eigenvalue weighted by molar-refractivity contribution is 6.06. The van der Waals surface area contributed by atoms with E-state index in [0.717, 1.165) is 57.9 Å². The lowest BCUT2D eigenvalue weighted by atomic mass is 10.1. The molecule has 4 aromatic heterocycles. The number of hydrogen-bond donors (Lipinski definition) is 4. The minimum absolute atomic E-state index is 0.0296. The van der Waals surface area contributed by atoms with Crippen molar-refractivity contribution in [1.29, 1.82) is 0 Å². The number of amides is 1. The van der Waals surface area contributed by atoms with Gasteiger partial charge in [0.25, 0.3) is 0 Å². The van der Waals surface area contributed by atoms with Crippen molar-refractivity contribution in [2.45, 2.75) is 45.3 Å². The number of rotatable bonds is 10. The second kappa shape index (κ2) is 11.6. The number of nitrogens with one attached hydrogen (secondary N) is 4. The molecule has 2 aliphatic rings. The Labute approximate surface area is 254 Å². The van der Waals surface area contributed by atoms with E-state index in [-0.39, 0.29) is 18.6 Å². The van der Waals surface area contributed by atoms with E-state index < -0.39 is 0 Å². The van der Waals surface area contributed by atoms with Gasteiger partial charge in [0.05, 0.1) is 23.4 Å². The molecule has 44 heavy (non-hydrogen) atoms. The van der Waals surface area contributed by atoms with Gasteiger partial charge in [-0.2, -0.15) is 5.10 Å². The summed E-state index contributed by atoms with van der Waals surface area (Å²) in [7, 11) is 1.89. The van der Waals surface area contributed by atoms with Crippen LogP contribution in [0.4, 0.5) is 23.3 Å². The minimum Gasteiger partial charge on any atom is -0.473 e. The predicted molar refractivity (Wildman–Crippen MR) is 168 cm³/mol. The molecule has 7 rings (SSSR count). The first-order valence-electron chi connectivity index (χ1n) is 14.9. The van der Waals surface area contributed by atoms with Crippen molar-refractivity contribution in [2.75, 3.05) is 35.6 Å². The van der Waals surface area contributed by atoms with Crippen LogP contribution in [0.15, 0.2) is 49.1 Å². The minimum atomic E-state index is -0.0809. The van der Waals surface area contributed by atoms with Gasteiger partial charge in [-0.15, -0.1) is 0 Å². The molecule has 0 unspecified atom stereocenters. The zero-order valence-electron chi connectivity index (χ0n) is 25.0. The number of aryl methyl sites for hydroxylation is 3. The number of anilines is 4. The molecule has 1 atom stereocenters. The Morgan fingerprint density at radius 3 is 2.82 bits per heavy atom. The van der Waals surface area contributed by atoms with Crippen LogP contribution >= 0.6 is 0 Å². The molecule has 1 aliphatic heterocycles. The number of benzene rings is 1. The lowest BCUT2D eigenvalue weighted by molar-refractivity contribution is -0.117. The topological polar surface area (TPSA) is 151 Å². The Kier molecular flexibility index (Phi) is 7.30. The molecule has 0 radical (unpaired) electrons. The average Bonchev–Trinajstić information content (AvgIpc) is 3.37. The van der Waals surface area contributed by atoms with Gasteiger partial charge in [0, 0.05) is 67.3 Å². The lowest BCUT2D eigenvalue weighted by Crippen LogP contribution is -2.33. The highest BCUT2D eigenvalue weighted by Gasteiger charge is 2.27. The molecule has 13 heteroatoms. The number of aromatic amines is 1. The summed E-state index contributed by atoms with van der Waals surface area (Å²) in [4.78, 5) is 36.4. The maximum atomic E-state index is 13.1. The fraction of sp³-hybridized carbons (Fsp3) is 0.355. The van der Waals surface area contributed by atoms with E-state index in [1.165, 1.54) is 19.2 Å². The van der Waals surface area contributed by atoms with Gasteiger partial charge in [-0.1, -0.05) is 12.1 Å². The summed E-state index contributed by atoms with van der Waals surface area (Å²) in [6.07, 6.45) is 8.39. The monoisotopic (exact) mass is 593 g/mol. The summed E-state index contributed by atoms with van der Waals surface area (Å²) in [6.45, 7) is 5.67. The van der Waals surface area contributed by atoms with Crippen molar-refractivity contribution < 1.29 is 9.53 Å². The van der Waals surface area contributed by atoms with Gasteiger partial charge in [0.2, 0.25) is 17.7 Å². The molecule has 226 valence electrons. The van der Waals surface area contributed by atoms with Crippen LogP contribution in [-0.2, 0) is 11.8 Å². The number of likely N-dealkylation sites (tertiary alicyclic amines) is 1. The molecule has 4 N–H and O–H groups in total. The Balaban J connectivity index is 1.00. The van der Waals surface area contributed by atoms with E-state index in [2.05, 4.69) is 45.9 Å². The first kappa shape index (κ1) is 27.8. The van der Waals surface area contributed by atoms with Crippen molar-refractivity contribution in [1.82, 2.24) is 39.6 Å². The molecular weight excluding hydrogens is 558 g/mol. The summed E-state index contributed by atoms with van der Waals surface area (Å²) < 4.78 is 7.92. The number of carbonyl (C=O) groups excluding carboxylic acids is 1. The van der Waals surface area contributed by atoms with Crippen molar-refractivity contribution in [2.24, 2.45) is 7.05 Å². The van der Waals surface area contributed by atoms with Gasteiger partial charge in [-0.3, -0.25) is 14.4 Å². The molecule has 13 nitrogen and oxygen atoms in total. The van der Waals surface area contributed by atoms with Crippen LogP contribution in [0.2, 0.25) is 0 Å². The first-order chi connectivity index (χ1) is 21.4. The second-order valence-electron chi connectivity index (χ2n) is 11.5. The van der Waals surface area contributed by atoms with E-state index in [0.29, 0.717) is 30.2 Å².